The largest absolute Gasteiger partial charge is 0.463 e. The van der Waals surface area contributed by atoms with Crippen LogP contribution < -0.4 is 5.32 Å². The molecule has 9 heteroatoms. The van der Waals surface area contributed by atoms with Gasteiger partial charge in [0.25, 0.3) is 5.91 Å². The normalized spacial score (nSPS) is 30.6. The zero-order chi connectivity index (χ0) is 16.3. The Morgan fingerprint density at radius 2 is 2.27 bits per heavy atom. The van der Waals surface area contributed by atoms with E-state index in [0.717, 1.165) is 11.0 Å². The van der Waals surface area contributed by atoms with Crippen LogP contribution in [0.3, 0.4) is 0 Å². The third-order valence-electron chi connectivity index (χ3n) is 3.37. The molecule has 122 valence electrons. The Kier molecular flexibility index (Phi) is 5.11. The SMILES string of the molecule is CCOC(=O)C=C1CN([C@@H]2O[C@H](CO)C[C@H]2O)C(=O)NC1=O. The monoisotopic (exact) mass is 314 g/mol. The Hall–Kier alpha value is -1.97. The first-order valence-electron chi connectivity index (χ1n) is 6.90. The number of hydrogen-bond acceptors (Lipinski definition) is 7. The molecule has 0 saturated carbocycles. The molecule has 0 radical (unpaired) electrons. The molecule has 2 saturated heterocycles. The maximum Gasteiger partial charge on any atom is 0.331 e. The van der Waals surface area contributed by atoms with Gasteiger partial charge in [0.2, 0.25) is 0 Å². The average molecular weight is 314 g/mol. The second kappa shape index (κ2) is 6.86. The molecule has 2 fully saturated rings. The number of nitrogens with one attached hydrogen (secondary N) is 1. The summed E-state index contributed by atoms with van der Waals surface area (Å²) in [4.78, 5) is 36.2. The third-order valence-corrected chi connectivity index (χ3v) is 3.37. The van der Waals surface area contributed by atoms with Gasteiger partial charge in [-0.05, 0) is 6.92 Å². The first-order valence-corrected chi connectivity index (χ1v) is 6.90. The first kappa shape index (κ1) is 16.4. The van der Waals surface area contributed by atoms with Gasteiger partial charge in [-0.15, -0.1) is 0 Å². The van der Waals surface area contributed by atoms with E-state index >= 15 is 0 Å². The fourth-order valence-corrected chi connectivity index (χ4v) is 2.35. The van der Waals surface area contributed by atoms with Gasteiger partial charge in [0.1, 0.15) is 6.10 Å². The predicted molar refractivity (Wildman–Crippen MR) is 71.3 cm³/mol. The number of carbonyl (C=O) groups is 3. The van der Waals surface area contributed by atoms with Gasteiger partial charge in [-0.3, -0.25) is 15.0 Å². The number of esters is 1. The topological polar surface area (TPSA) is 125 Å². The average Bonchev–Trinajstić information content (AvgIpc) is 2.83. The zero-order valence-corrected chi connectivity index (χ0v) is 12.0. The lowest BCUT2D eigenvalue weighted by Crippen LogP contribution is -2.57. The van der Waals surface area contributed by atoms with Crippen LogP contribution in [0.15, 0.2) is 11.6 Å². The molecule has 0 aromatic rings. The van der Waals surface area contributed by atoms with E-state index < -0.39 is 36.3 Å². The molecule has 3 amide bonds. The summed E-state index contributed by atoms with van der Waals surface area (Å²) in [5, 5.41) is 21.1. The summed E-state index contributed by atoms with van der Waals surface area (Å²) in [5.41, 5.74) is 0.0290. The molecule has 0 aromatic heterocycles. The Balaban J connectivity index is 2.13. The van der Waals surface area contributed by atoms with Gasteiger partial charge in [0, 0.05) is 18.1 Å². The number of rotatable bonds is 4. The van der Waals surface area contributed by atoms with E-state index in [1.54, 1.807) is 6.92 Å². The highest BCUT2D eigenvalue weighted by Gasteiger charge is 2.42. The van der Waals surface area contributed by atoms with Crippen LogP contribution in [0.1, 0.15) is 13.3 Å². The molecular formula is C13H18N2O7. The summed E-state index contributed by atoms with van der Waals surface area (Å²) in [6.07, 6.45) is -1.38. The van der Waals surface area contributed by atoms with Gasteiger partial charge in [0.05, 0.1) is 25.9 Å². The van der Waals surface area contributed by atoms with Gasteiger partial charge >= 0.3 is 12.0 Å². The van der Waals surface area contributed by atoms with Gasteiger partial charge < -0.3 is 19.7 Å². The highest BCUT2D eigenvalue weighted by atomic mass is 16.5. The minimum atomic E-state index is -0.990. The molecule has 2 rings (SSSR count). The molecule has 0 unspecified atom stereocenters. The van der Waals surface area contributed by atoms with Gasteiger partial charge in [0.15, 0.2) is 6.23 Å². The van der Waals surface area contributed by atoms with E-state index in [4.69, 9.17) is 14.6 Å². The highest BCUT2D eigenvalue weighted by Crippen LogP contribution is 2.25. The van der Waals surface area contributed by atoms with Crippen molar-refractivity contribution in [2.75, 3.05) is 19.8 Å². The zero-order valence-electron chi connectivity index (χ0n) is 12.0. The Morgan fingerprint density at radius 1 is 1.55 bits per heavy atom. The van der Waals surface area contributed by atoms with Gasteiger partial charge in [-0.2, -0.15) is 0 Å². The van der Waals surface area contributed by atoms with Crippen molar-refractivity contribution in [1.29, 1.82) is 0 Å². The molecule has 0 aliphatic carbocycles. The second-order valence-electron chi connectivity index (χ2n) is 4.94. The lowest BCUT2D eigenvalue weighted by molar-refractivity contribution is -0.137. The fourth-order valence-electron chi connectivity index (χ4n) is 2.35. The van der Waals surface area contributed by atoms with Crippen molar-refractivity contribution in [3.63, 3.8) is 0 Å². The number of aliphatic hydroxyl groups is 2. The van der Waals surface area contributed by atoms with E-state index in [-0.39, 0.29) is 31.8 Å². The Labute approximate surface area is 126 Å². The third kappa shape index (κ3) is 3.43. The molecule has 0 spiro atoms. The number of nitrogens with zero attached hydrogens (tertiary/aromatic N) is 1. The number of aliphatic hydroxyl groups excluding tert-OH is 2. The van der Waals surface area contributed by atoms with Crippen molar-refractivity contribution in [3.05, 3.63) is 11.6 Å². The number of urea groups is 1. The highest BCUT2D eigenvalue weighted by molar-refractivity contribution is 6.09. The van der Waals surface area contributed by atoms with Crippen LogP contribution >= 0.6 is 0 Å². The van der Waals surface area contributed by atoms with E-state index in [2.05, 4.69) is 5.32 Å². The number of hydrogen-bond donors (Lipinski definition) is 3. The van der Waals surface area contributed by atoms with Crippen LogP contribution in [0.2, 0.25) is 0 Å². The summed E-state index contributed by atoms with van der Waals surface area (Å²) >= 11 is 0. The summed E-state index contributed by atoms with van der Waals surface area (Å²) in [5.74, 6) is -1.39. The van der Waals surface area contributed by atoms with Gasteiger partial charge in [-0.1, -0.05) is 0 Å². The smallest absolute Gasteiger partial charge is 0.331 e. The first-order chi connectivity index (χ1) is 10.5. The molecule has 2 aliphatic heterocycles. The molecule has 2 aliphatic rings. The van der Waals surface area contributed by atoms with Crippen molar-refractivity contribution in [3.8, 4) is 0 Å². The lowest BCUT2D eigenvalue weighted by Gasteiger charge is -2.33. The number of amides is 3. The summed E-state index contributed by atoms with van der Waals surface area (Å²) in [6.45, 7) is 1.32. The molecule has 22 heavy (non-hydrogen) atoms. The molecule has 2 heterocycles. The number of imide groups is 1. The molecule has 3 N–H and O–H groups in total. The Morgan fingerprint density at radius 3 is 2.86 bits per heavy atom. The van der Waals surface area contributed by atoms with Crippen LogP contribution in [0, 0.1) is 0 Å². The molecule has 9 nitrogen and oxygen atoms in total. The minimum absolute atomic E-state index is 0.0290. The number of ether oxygens (including phenoxy) is 2. The predicted octanol–water partition coefficient (Wildman–Crippen LogP) is -1.50. The van der Waals surface area contributed by atoms with Crippen LogP contribution in [-0.4, -0.2) is 71.2 Å². The standard InChI is InChI=1S/C13H18N2O7/c1-2-21-10(18)3-7-5-15(13(20)14-11(7)19)12-9(17)4-8(6-16)22-12/h3,8-9,12,16-17H,2,4-6H2,1H3,(H,14,19,20)/t8-,9+,12+/m0/s1. The number of carbonyl (C=O) groups excluding carboxylic acids is 3. The van der Waals surface area contributed by atoms with Crippen molar-refractivity contribution < 1.29 is 34.1 Å². The van der Waals surface area contributed by atoms with E-state index in [9.17, 15) is 19.5 Å². The van der Waals surface area contributed by atoms with Crippen molar-refractivity contribution in [1.82, 2.24) is 10.2 Å². The maximum atomic E-state index is 11.9. The van der Waals surface area contributed by atoms with Crippen molar-refractivity contribution >= 4 is 17.9 Å². The van der Waals surface area contributed by atoms with Crippen molar-refractivity contribution in [2.45, 2.75) is 31.8 Å². The maximum absolute atomic E-state index is 11.9. The molecule has 3 atom stereocenters. The van der Waals surface area contributed by atoms with Crippen molar-refractivity contribution in [2.24, 2.45) is 0 Å². The lowest BCUT2D eigenvalue weighted by atomic mass is 10.1. The fraction of sp³-hybridized carbons (Fsp3) is 0.615. The molecule has 0 aromatic carbocycles. The van der Waals surface area contributed by atoms with E-state index in [1.165, 1.54) is 0 Å². The van der Waals surface area contributed by atoms with Crippen LogP contribution in [0.25, 0.3) is 0 Å². The van der Waals surface area contributed by atoms with Crippen LogP contribution in [0.5, 0.6) is 0 Å². The minimum Gasteiger partial charge on any atom is -0.463 e. The van der Waals surface area contributed by atoms with Crippen LogP contribution in [0.4, 0.5) is 4.79 Å². The van der Waals surface area contributed by atoms with E-state index in [1.807, 2.05) is 0 Å². The van der Waals surface area contributed by atoms with Crippen LogP contribution in [-0.2, 0) is 19.1 Å². The molecular weight excluding hydrogens is 296 g/mol. The molecule has 0 bridgehead atoms. The summed E-state index contributed by atoms with van der Waals surface area (Å²) < 4.78 is 10.1. The Bertz CT molecular complexity index is 505. The second-order valence-corrected chi connectivity index (χ2v) is 4.94. The van der Waals surface area contributed by atoms with E-state index in [0.29, 0.717) is 0 Å². The summed E-state index contributed by atoms with van der Waals surface area (Å²) in [6, 6.07) is -0.728. The summed E-state index contributed by atoms with van der Waals surface area (Å²) in [7, 11) is 0. The quantitative estimate of drug-likeness (QED) is 0.426. The van der Waals surface area contributed by atoms with Gasteiger partial charge in [-0.25, -0.2) is 9.59 Å².